The van der Waals surface area contributed by atoms with E-state index in [0.717, 1.165) is 12.5 Å². The second-order valence-corrected chi connectivity index (χ2v) is 6.89. The fourth-order valence-corrected chi connectivity index (χ4v) is 3.76. The van der Waals surface area contributed by atoms with E-state index < -0.39 is 0 Å². The minimum Gasteiger partial charge on any atom is -0.312 e. The van der Waals surface area contributed by atoms with Gasteiger partial charge in [-0.15, -0.1) is 0 Å². The summed E-state index contributed by atoms with van der Waals surface area (Å²) in [6.07, 6.45) is 4.07. The van der Waals surface area contributed by atoms with Crippen LogP contribution in [0.3, 0.4) is 0 Å². The number of nitrogens with zero attached hydrogens (tertiary/aromatic N) is 2. The molecule has 2 atom stereocenters. The van der Waals surface area contributed by atoms with Crippen LogP contribution < -0.4 is 5.32 Å². The van der Waals surface area contributed by atoms with Crippen LogP contribution in [0.5, 0.6) is 0 Å². The SMILES string of the molecule is CN1CCCC(CNC2CCN(Cc3ccccc3)C2)C1. The predicted molar refractivity (Wildman–Crippen MR) is 88.3 cm³/mol. The highest BCUT2D eigenvalue weighted by Gasteiger charge is 2.24. The van der Waals surface area contributed by atoms with Crippen LogP contribution in [0.1, 0.15) is 24.8 Å². The molecular formula is C18H29N3. The monoisotopic (exact) mass is 287 g/mol. The molecule has 2 aliphatic heterocycles. The van der Waals surface area contributed by atoms with Crippen molar-refractivity contribution in [3.05, 3.63) is 35.9 Å². The topological polar surface area (TPSA) is 18.5 Å². The fraction of sp³-hybridized carbons (Fsp3) is 0.667. The summed E-state index contributed by atoms with van der Waals surface area (Å²) in [6, 6.07) is 11.5. The van der Waals surface area contributed by atoms with Crippen LogP contribution in [0, 0.1) is 5.92 Å². The molecule has 0 aromatic heterocycles. The zero-order valence-corrected chi connectivity index (χ0v) is 13.3. The van der Waals surface area contributed by atoms with Crippen molar-refractivity contribution in [1.29, 1.82) is 0 Å². The molecule has 2 fully saturated rings. The second kappa shape index (κ2) is 7.39. The predicted octanol–water partition coefficient (Wildman–Crippen LogP) is 2.19. The highest BCUT2D eigenvalue weighted by atomic mass is 15.2. The van der Waals surface area contributed by atoms with Crippen molar-refractivity contribution in [3.8, 4) is 0 Å². The first kappa shape index (κ1) is 15.0. The molecule has 116 valence electrons. The third-order valence-corrected chi connectivity index (χ3v) is 4.94. The Kier molecular flexibility index (Phi) is 5.28. The summed E-state index contributed by atoms with van der Waals surface area (Å²) < 4.78 is 0. The molecule has 1 aromatic carbocycles. The Morgan fingerprint density at radius 2 is 1.95 bits per heavy atom. The van der Waals surface area contributed by atoms with Crippen LogP contribution in [0.2, 0.25) is 0 Å². The van der Waals surface area contributed by atoms with E-state index in [-0.39, 0.29) is 0 Å². The van der Waals surface area contributed by atoms with Gasteiger partial charge in [-0.2, -0.15) is 0 Å². The molecule has 21 heavy (non-hydrogen) atoms. The smallest absolute Gasteiger partial charge is 0.0234 e. The Balaban J connectivity index is 1.38. The Morgan fingerprint density at radius 3 is 2.76 bits per heavy atom. The third-order valence-electron chi connectivity index (χ3n) is 4.94. The van der Waals surface area contributed by atoms with E-state index in [1.54, 1.807) is 0 Å². The first-order chi connectivity index (χ1) is 10.3. The molecule has 2 unspecified atom stereocenters. The Bertz CT molecular complexity index is 420. The van der Waals surface area contributed by atoms with Gasteiger partial charge in [0.1, 0.15) is 0 Å². The average molecular weight is 287 g/mol. The van der Waals surface area contributed by atoms with Gasteiger partial charge in [-0.05, 0) is 50.9 Å². The molecule has 1 N–H and O–H groups in total. The van der Waals surface area contributed by atoms with Gasteiger partial charge in [0, 0.05) is 32.2 Å². The minimum absolute atomic E-state index is 0.695. The summed E-state index contributed by atoms with van der Waals surface area (Å²) in [6.45, 7) is 7.30. The minimum atomic E-state index is 0.695. The summed E-state index contributed by atoms with van der Waals surface area (Å²) in [7, 11) is 2.25. The Labute approximate surface area is 129 Å². The number of hydrogen-bond donors (Lipinski definition) is 1. The molecule has 1 aromatic rings. The van der Waals surface area contributed by atoms with Gasteiger partial charge in [0.25, 0.3) is 0 Å². The van der Waals surface area contributed by atoms with Crippen LogP contribution in [0.25, 0.3) is 0 Å². The molecule has 3 rings (SSSR count). The molecule has 2 saturated heterocycles. The number of benzene rings is 1. The molecule has 0 saturated carbocycles. The molecule has 0 aliphatic carbocycles. The van der Waals surface area contributed by atoms with Crippen LogP contribution in [-0.4, -0.2) is 55.6 Å². The molecule has 0 spiro atoms. The van der Waals surface area contributed by atoms with Gasteiger partial charge >= 0.3 is 0 Å². The summed E-state index contributed by atoms with van der Waals surface area (Å²) in [4.78, 5) is 5.06. The van der Waals surface area contributed by atoms with Gasteiger partial charge in [0.05, 0.1) is 0 Å². The van der Waals surface area contributed by atoms with E-state index >= 15 is 0 Å². The highest BCUT2D eigenvalue weighted by Crippen LogP contribution is 2.17. The Morgan fingerprint density at radius 1 is 1.10 bits per heavy atom. The maximum atomic E-state index is 3.82. The lowest BCUT2D eigenvalue weighted by Gasteiger charge is -2.30. The first-order valence-electron chi connectivity index (χ1n) is 8.48. The van der Waals surface area contributed by atoms with Crippen molar-refractivity contribution < 1.29 is 0 Å². The lowest BCUT2D eigenvalue weighted by Crippen LogP contribution is -2.41. The zero-order valence-electron chi connectivity index (χ0n) is 13.3. The molecule has 3 nitrogen and oxygen atoms in total. The number of hydrogen-bond acceptors (Lipinski definition) is 3. The summed E-state index contributed by atoms with van der Waals surface area (Å²) >= 11 is 0. The van der Waals surface area contributed by atoms with Crippen molar-refractivity contribution in [2.45, 2.75) is 31.8 Å². The first-order valence-corrected chi connectivity index (χ1v) is 8.48. The molecule has 2 aliphatic rings. The quantitative estimate of drug-likeness (QED) is 0.895. The van der Waals surface area contributed by atoms with E-state index in [1.807, 2.05) is 0 Å². The van der Waals surface area contributed by atoms with E-state index in [9.17, 15) is 0 Å². The summed E-state index contributed by atoms with van der Waals surface area (Å²) in [5.41, 5.74) is 1.44. The van der Waals surface area contributed by atoms with Crippen LogP contribution in [0.4, 0.5) is 0 Å². The van der Waals surface area contributed by atoms with Crippen LogP contribution in [-0.2, 0) is 6.54 Å². The van der Waals surface area contributed by atoms with E-state index in [0.29, 0.717) is 6.04 Å². The molecular weight excluding hydrogens is 258 g/mol. The number of likely N-dealkylation sites (tertiary alicyclic amines) is 2. The number of rotatable bonds is 5. The Hall–Kier alpha value is -0.900. The normalized spacial score (nSPS) is 28.0. The van der Waals surface area contributed by atoms with Crippen molar-refractivity contribution in [2.24, 2.45) is 5.92 Å². The molecule has 3 heteroatoms. The molecule has 0 radical (unpaired) electrons. The van der Waals surface area contributed by atoms with Crippen LogP contribution in [0.15, 0.2) is 30.3 Å². The van der Waals surface area contributed by atoms with E-state index in [2.05, 4.69) is 52.5 Å². The standard InChI is InChI=1S/C18H29N3/c1-20-10-5-8-17(13-20)12-19-18-9-11-21(15-18)14-16-6-3-2-4-7-16/h2-4,6-7,17-19H,5,8-15H2,1H3. The molecule has 0 amide bonds. The van der Waals surface area contributed by atoms with Gasteiger partial charge in [0.15, 0.2) is 0 Å². The number of nitrogens with one attached hydrogen (secondary N) is 1. The summed E-state index contributed by atoms with van der Waals surface area (Å²) in [5, 5.41) is 3.82. The maximum Gasteiger partial charge on any atom is 0.0234 e. The second-order valence-electron chi connectivity index (χ2n) is 6.89. The van der Waals surface area contributed by atoms with Gasteiger partial charge < -0.3 is 10.2 Å². The molecule has 0 bridgehead atoms. The van der Waals surface area contributed by atoms with Crippen molar-refractivity contribution in [1.82, 2.24) is 15.1 Å². The maximum absolute atomic E-state index is 3.82. The average Bonchev–Trinajstić information content (AvgIpc) is 2.94. The van der Waals surface area contributed by atoms with Gasteiger partial charge in [0.2, 0.25) is 0 Å². The fourth-order valence-electron chi connectivity index (χ4n) is 3.76. The third kappa shape index (κ3) is 4.53. The van der Waals surface area contributed by atoms with E-state index in [4.69, 9.17) is 0 Å². The largest absolute Gasteiger partial charge is 0.312 e. The lowest BCUT2D eigenvalue weighted by atomic mass is 9.98. The van der Waals surface area contributed by atoms with Crippen LogP contribution >= 0.6 is 0 Å². The van der Waals surface area contributed by atoms with Gasteiger partial charge in [-0.1, -0.05) is 30.3 Å². The molecule has 2 heterocycles. The summed E-state index contributed by atoms with van der Waals surface area (Å²) in [5.74, 6) is 0.854. The van der Waals surface area contributed by atoms with Crippen molar-refractivity contribution >= 4 is 0 Å². The highest BCUT2D eigenvalue weighted by molar-refractivity contribution is 5.14. The number of piperidine rings is 1. The van der Waals surface area contributed by atoms with E-state index in [1.165, 1.54) is 57.5 Å². The zero-order chi connectivity index (χ0) is 14.5. The van der Waals surface area contributed by atoms with Crippen molar-refractivity contribution in [2.75, 3.05) is 39.8 Å². The van der Waals surface area contributed by atoms with Gasteiger partial charge in [-0.3, -0.25) is 4.90 Å². The van der Waals surface area contributed by atoms with Crippen molar-refractivity contribution in [3.63, 3.8) is 0 Å². The lowest BCUT2D eigenvalue weighted by molar-refractivity contribution is 0.202. The van der Waals surface area contributed by atoms with Gasteiger partial charge in [-0.25, -0.2) is 0 Å².